The zero-order valence-corrected chi connectivity index (χ0v) is 9.28. The third-order valence-corrected chi connectivity index (χ3v) is 2.99. The number of nitro benzene ring substituents is 1. The number of hydrogen-bond donors (Lipinski definition) is 1. The highest BCUT2D eigenvalue weighted by molar-refractivity contribution is 6.33. The molecule has 0 bridgehead atoms. The average molecular weight is 243 g/mol. The van der Waals surface area contributed by atoms with E-state index < -0.39 is 4.92 Å². The number of rotatable bonds is 2. The van der Waals surface area contributed by atoms with Crippen LogP contribution in [0.3, 0.4) is 0 Å². The molecule has 6 heteroatoms. The van der Waals surface area contributed by atoms with Gasteiger partial charge in [0, 0.05) is 13.1 Å². The Morgan fingerprint density at radius 2 is 2.00 bits per heavy atom. The first kappa shape index (κ1) is 11.0. The molecule has 0 saturated carbocycles. The molecule has 0 atom stereocenters. The Labute approximate surface area is 97.4 Å². The van der Waals surface area contributed by atoms with E-state index >= 15 is 0 Å². The zero-order valence-electron chi connectivity index (χ0n) is 8.52. The molecule has 1 saturated heterocycles. The van der Waals surface area contributed by atoms with Gasteiger partial charge in [0.15, 0.2) is 0 Å². The number of nitro groups is 1. The predicted octanol–water partition coefficient (Wildman–Crippen LogP) is 2.55. The summed E-state index contributed by atoms with van der Waals surface area (Å²) in [6, 6.07) is 2.57. The molecule has 1 aromatic rings. The number of hydrogen-bond acceptors (Lipinski definition) is 4. The van der Waals surface area contributed by atoms with Gasteiger partial charge in [-0.25, -0.2) is 0 Å². The molecular weight excluding hydrogens is 232 g/mol. The maximum Gasteiger partial charge on any atom is 0.291 e. The van der Waals surface area contributed by atoms with Crippen LogP contribution in [0.2, 0.25) is 5.02 Å². The standard InChI is InChI=1S/C10H11ClN2O3/c11-7-5-9(12-3-1-2-4-12)10(14)6-8(7)13(15)16/h5-6,14H,1-4H2. The van der Waals surface area contributed by atoms with Crippen LogP contribution in [0.5, 0.6) is 5.75 Å². The minimum Gasteiger partial charge on any atom is -0.506 e. The number of anilines is 1. The Kier molecular flexibility index (Phi) is 2.87. The van der Waals surface area contributed by atoms with Gasteiger partial charge < -0.3 is 10.0 Å². The van der Waals surface area contributed by atoms with Crippen LogP contribution in [0.15, 0.2) is 12.1 Å². The van der Waals surface area contributed by atoms with E-state index in [1.54, 1.807) is 0 Å². The molecule has 0 aliphatic carbocycles. The summed E-state index contributed by atoms with van der Waals surface area (Å²) in [5.74, 6) is -0.0852. The molecule has 1 aliphatic rings. The molecule has 0 amide bonds. The van der Waals surface area contributed by atoms with Gasteiger partial charge in [-0.2, -0.15) is 0 Å². The van der Waals surface area contributed by atoms with Gasteiger partial charge in [0.2, 0.25) is 0 Å². The number of phenols is 1. The molecule has 0 radical (unpaired) electrons. The summed E-state index contributed by atoms with van der Waals surface area (Å²) in [5.41, 5.74) is 0.315. The van der Waals surface area contributed by atoms with Gasteiger partial charge in [-0.1, -0.05) is 11.6 Å². The molecule has 1 fully saturated rings. The van der Waals surface area contributed by atoms with Crippen LogP contribution in [0.25, 0.3) is 0 Å². The lowest BCUT2D eigenvalue weighted by Crippen LogP contribution is -2.17. The van der Waals surface area contributed by atoms with Crippen molar-refractivity contribution in [1.29, 1.82) is 0 Å². The second-order valence-electron chi connectivity index (χ2n) is 3.74. The van der Waals surface area contributed by atoms with Crippen LogP contribution in [0, 0.1) is 10.1 Å². The number of benzene rings is 1. The van der Waals surface area contributed by atoms with Gasteiger partial charge in [-0.05, 0) is 18.9 Å². The van der Waals surface area contributed by atoms with Crippen LogP contribution < -0.4 is 4.90 Å². The van der Waals surface area contributed by atoms with Crippen molar-refractivity contribution in [3.05, 3.63) is 27.3 Å². The Balaban J connectivity index is 2.40. The minimum atomic E-state index is -0.601. The molecule has 5 nitrogen and oxygen atoms in total. The molecular formula is C10H11ClN2O3. The summed E-state index contributed by atoms with van der Waals surface area (Å²) in [5, 5.41) is 20.4. The monoisotopic (exact) mass is 242 g/mol. The maximum atomic E-state index is 10.6. The van der Waals surface area contributed by atoms with Crippen LogP contribution in [-0.2, 0) is 0 Å². The van der Waals surface area contributed by atoms with E-state index in [9.17, 15) is 15.2 Å². The SMILES string of the molecule is O=[N+]([O-])c1cc(O)c(N2CCCC2)cc1Cl. The second-order valence-corrected chi connectivity index (χ2v) is 4.15. The van der Waals surface area contributed by atoms with Gasteiger partial charge in [0.05, 0.1) is 16.7 Å². The van der Waals surface area contributed by atoms with Crippen LogP contribution >= 0.6 is 11.6 Å². The van der Waals surface area contributed by atoms with Gasteiger partial charge in [0.25, 0.3) is 5.69 Å². The largest absolute Gasteiger partial charge is 0.506 e. The lowest BCUT2D eigenvalue weighted by molar-refractivity contribution is -0.384. The van der Waals surface area contributed by atoms with Gasteiger partial charge in [-0.15, -0.1) is 0 Å². The first-order valence-electron chi connectivity index (χ1n) is 5.01. The van der Waals surface area contributed by atoms with Crippen LogP contribution in [0.1, 0.15) is 12.8 Å². The minimum absolute atomic E-state index is 0.0599. The molecule has 1 N–H and O–H groups in total. The van der Waals surface area contributed by atoms with Crippen molar-refractivity contribution in [3.63, 3.8) is 0 Å². The van der Waals surface area contributed by atoms with Gasteiger partial charge in [-0.3, -0.25) is 10.1 Å². The molecule has 2 rings (SSSR count). The van der Waals surface area contributed by atoms with E-state index in [1.807, 2.05) is 4.90 Å². The van der Waals surface area contributed by atoms with E-state index in [0.29, 0.717) is 5.69 Å². The molecule has 0 spiro atoms. The molecule has 0 unspecified atom stereocenters. The maximum absolute atomic E-state index is 10.6. The van der Waals surface area contributed by atoms with Gasteiger partial charge >= 0.3 is 0 Å². The molecule has 0 aromatic heterocycles. The van der Waals surface area contributed by atoms with E-state index in [0.717, 1.165) is 32.0 Å². The number of nitrogens with zero attached hydrogens (tertiary/aromatic N) is 2. The van der Waals surface area contributed by atoms with Crippen molar-refractivity contribution in [2.75, 3.05) is 18.0 Å². The van der Waals surface area contributed by atoms with Crippen LogP contribution in [-0.4, -0.2) is 23.1 Å². The first-order chi connectivity index (χ1) is 7.59. The number of halogens is 1. The van der Waals surface area contributed by atoms with Crippen molar-refractivity contribution in [3.8, 4) is 5.75 Å². The summed E-state index contributed by atoms with van der Waals surface area (Å²) in [7, 11) is 0. The summed E-state index contributed by atoms with van der Waals surface area (Å²) in [4.78, 5) is 12.0. The Morgan fingerprint density at radius 1 is 1.38 bits per heavy atom. The quantitative estimate of drug-likeness (QED) is 0.639. The topological polar surface area (TPSA) is 66.6 Å². The van der Waals surface area contributed by atoms with Crippen molar-refractivity contribution in [1.82, 2.24) is 0 Å². The van der Waals surface area contributed by atoms with Crippen molar-refractivity contribution < 1.29 is 10.0 Å². The molecule has 1 aromatic carbocycles. The normalized spacial score (nSPS) is 15.4. The fourth-order valence-electron chi connectivity index (χ4n) is 1.89. The summed E-state index contributed by atoms with van der Waals surface area (Å²) < 4.78 is 0. The third-order valence-electron chi connectivity index (χ3n) is 2.69. The van der Waals surface area contributed by atoms with E-state index in [2.05, 4.69) is 0 Å². The van der Waals surface area contributed by atoms with Crippen molar-refractivity contribution >= 4 is 23.0 Å². The van der Waals surface area contributed by atoms with E-state index in [1.165, 1.54) is 6.07 Å². The highest BCUT2D eigenvalue weighted by Crippen LogP contribution is 2.38. The summed E-state index contributed by atoms with van der Waals surface area (Å²) in [6.07, 6.45) is 2.13. The Morgan fingerprint density at radius 3 is 2.56 bits per heavy atom. The fourth-order valence-corrected chi connectivity index (χ4v) is 2.12. The molecule has 86 valence electrons. The summed E-state index contributed by atoms with van der Waals surface area (Å²) in [6.45, 7) is 1.70. The van der Waals surface area contributed by atoms with E-state index in [4.69, 9.17) is 11.6 Å². The Hall–Kier alpha value is -1.49. The fraction of sp³-hybridized carbons (Fsp3) is 0.400. The third kappa shape index (κ3) is 1.90. The predicted molar refractivity (Wildman–Crippen MR) is 61.2 cm³/mol. The number of phenolic OH excluding ortho intramolecular Hbond substituents is 1. The smallest absolute Gasteiger partial charge is 0.291 e. The molecule has 1 aliphatic heterocycles. The van der Waals surface area contributed by atoms with E-state index in [-0.39, 0.29) is 16.5 Å². The first-order valence-corrected chi connectivity index (χ1v) is 5.39. The van der Waals surface area contributed by atoms with Crippen molar-refractivity contribution in [2.24, 2.45) is 0 Å². The van der Waals surface area contributed by atoms with Gasteiger partial charge in [0.1, 0.15) is 10.8 Å². The highest BCUT2D eigenvalue weighted by atomic mass is 35.5. The molecule has 1 heterocycles. The van der Waals surface area contributed by atoms with Crippen LogP contribution in [0.4, 0.5) is 11.4 Å². The second kappa shape index (κ2) is 4.17. The highest BCUT2D eigenvalue weighted by Gasteiger charge is 2.21. The Bertz CT molecular complexity index is 430. The lowest BCUT2D eigenvalue weighted by Gasteiger charge is -2.18. The zero-order chi connectivity index (χ0) is 11.7. The van der Waals surface area contributed by atoms with Crippen molar-refractivity contribution in [2.45, 2.75) is 12.8 Å². The lowest BCUT2D eigenvalue weighted by atomic mass is 10.2. The number of aromatic hydroxyl groups is 1. The average Bonchev–Trinajstić information content (AvgIpc) is 2.73. The summed E-state index contributed by atoms with van der Waals surface area (Å²) >= 11 is 5.80. The molecule has 16 heavy (non-hydrogen) atoms.